The van der Waals surface area contributed by atoms with Gasteiger partial charge in [0.15, 0.2) is 4.80 Å². The Balaban J connectivity index is 1.67. The van der Waals surface area contributed by atoms with Crippen molar-refractivity contribution in [1.29, 1.82) is 0 Å². The number of benzene rings is 2. The van der Waals surface area contributed by atoms with Gasteiger partial charge < -0.3 is 4.57 Å². The molecular formula is C25H27N3O3S2. The van der Waals surface area contributed by atoms with Crippen LogP contribution >= 0.6 is 11.3 Å². The zero-order valence-corrected chi connectivity index (χ0v) is 20.5. The van der Waals surface area contributed by atoms with E-state index in [4.69, 9.17) is 6.42 Å². The Kier molecular flexibility index (Phi) is 6.84. The Bertz CT molecular complexity index is 1400. The van der Waals surface area contributed by atoms with Crippen LogP contribution in [0.3, 0.4) is 0 Å². The van der Waals surface area contributed by atoms with Crippen LogP contribution in [-0.2, 0) is 16.6 Å². The van der Waals surface area contributed by atoms with Crippen LogP contribution in [0, 0.1) is 26.2 Å². The minimum absolute atomic E-state index is 0.205. The molecule has 0 spiro atoms. The van der Waals surface area contributed by atoms with E-state index in [-0.39, 0.29) is 4.90 Å². The Morgan fingerprint density at radius 3 is 2.39 bits per heavy atom. The number of sulfonamides is 1. The molecule has 0 aliphatic carbocycles. The van der Waals surface area contributed by atoms with E-state index in [1.165, 1.54) is 35.6 Å². The highest BCUT2D eigenvalue weighted by molar-refractivity contribution is 7.89. The van der Waals surface area contributed by atoms with Gasteiger partial charge in [-0.15, -0.1) is 6.42 Å². The third-order valence-electron chi connectivity index (χ3n) is 5.87. The summed E-state index contributed by atoms with van der Waals surface area (Å²) in [6, 6.07) is 10.2. The highest BCUT2D eigenvalue weighted by atomic mass is 32.2. The number of carbonyl (C=O) groups excluding carboxylic acids is 1. The molecule has 6 nitrogen and oxygen atoms in total. The lowest BCUT2D eigenvalue weighted by Gasteiger charge is -2.19. The lowest BCUT2D eigenvalue weighted by molar-refractivity contribution is 0.0998. The summed E-state index contributed by atoms with van der Waals surface area (Å²) in [7, 11) is -3.56. The maximum Gasteiger partial charge on any atom is 0.279 e. The third kappa shape index (κ3) is 4.81. The van der Waals surface area contributed by atoms with Crippen molar-refractivity contribution < 1.29 is 13.2 Å². The summed E-state index contributed by atoms with van der Waals surface area (Å²) < 4.78 is 30.4. The molecule has 1 saturated heterocycles. The first-order chi connectivity index (χ1) is 15.8. The summed E-state index contributed by atoms with van der Waals surface area (Å²) in [5.41, 5.74) is 3.52. The zero-order chi connectivity index (χ0) is 23.6. The van der Waals surface area contributed by atoms with E-state index in [2.05, 4.69) is 17.0 Å². The second-order valence-electron chi connectivity index (χ2n) is 8.36. The largest absolute Gasteiger partial charge is 0.305 e. The molecule has 8 heteroatoms. The van der Waals surface area contributed by atoms with Gasteiger partial charge in [0.2, 0.25) is 10.0 Å². The lowest BCUT2D eigenvalue weighted by Crippen LogP contribution is -2.31. The average molecular weight is 482 g/mol. The molecule has 0 unspecified atom stereocenters. The number of carbonyl (C=O) groups is 1. The summed E-state index contributed by atoms with van der Waals surface area (Å²) in [5.74, 6) is 2.21. The fraction of sp³-hybridized carbons (Fsp3) is 0.360. The van der Waals surface area contributed by atoms with Gasteiger partial charge in [0, 0.05) is 18.7 Å². The molecule has 4 rings (SSSR count). The van der Waals surface area contributed by atoms with Gasteiger partial charge in [-0.25, -0.2) is 8.42 Å². The molecule has 2 heterocycles. The molecule has 1 aromatic heterocycles. The molecule has 1 amide bonds. The van der Waals surface area contributed by atoms with Gasteiger partial charge in [0.25, 0.3) is 5.91 Å². The number of amides is 1. The highest BCUT2D eigenvalue weighted by Crippen LogP contribution is 2.24. The topological polar surface area (TPSA) is 71.7 Å². The van der Waals surface area contributed by atoms with Crippen molar-refractivity contribution in [3.05, 3.63) is 57.9 Å². The maximum atomic E-state index is 13.0. The number of hydrogen-bond acceptors (Lipinski definition) is 4. The molecule has 1 aliphatic rings. The quantitative estimate of drug-likeness (QED) is 0.523. The lowest BCUT2D eigenvalue weighted by atomic mass is 10.1. The number of aromatic nitrogens is 1. The summed E-state index contributed by atoms with van der Waals surface area (Å²) in [4.78, 5) is 18.0. The van der Waals surface area contributed by atoms with Gasteiger partial charge in [-0.1, -0.05) is 36.2 Å². The van der Waals surface area contributed by atoms with Crippen LogP contribution < -0.4 is 4.80 Å². The van der Waals surface area contributed by atoms with Crippen LogP contribution in [0.25, 0.3) is 10.2 Å². The maximum absolute atomic E-state index is 13.0. The Hall–Kier alpha value is -2.73. The van der Waals surface area contributed by atoms with Crippen LogP contribution in [0.15, 0.2) is 46.3 Å². The van der Waals surface area contributed by atoms with Crippen molar-refractivity contribution in [2.45, 2.75) is 51.0 Å². The van der Waals surface area contributed by atoms with E-state index in [9.17, 15) is 13.2 Å². The second-order valence-corrected chi connectivity index (χ2v) is 11.3. The molecule has 2 aromatic carbocycles. The summed E-state index contributed by atoms with van der Waals surface area (Å²) in [6.45, 7) is 5.44. The monoisotopic (exact) mass is 481 g/mol. The van der Waals surface area contributed by atoms with Crippen molar-refractivity contribution in [1.82, 2.24) is 8.87 Å². The highest BCUT2D eigenvalue weighted by Gasteiger charge is 2.25. The average Bonchev–Trinajstić information content (AvgIpc) is 2.96. The summed E-state index contributed by atoms with van der Waals surface area (Å²) >= 11 is 1.43. The summed E-state index contributed by atoms with van der Waals surface area (Å²) in [6.07, 6.45) is 9.43. The van der Waals surface area contributed by atoms with E-state index in [0.29, 0.717) is 30.0 Å². The standard InChI is InChI=1S/C25H27N3O3S2/c1-4-13-28-22-17-18(2)16-19(3)23(22)32-25(28)26-24(29)20-9-11-21(12-10-20)33(30,31)27-14-7-5-6-8-15-27/h1,9-12,16-17H,5-8,13-15H2,2-3H3. The summed E-state index contributed by atoms with van der Waals surface area (Å²) in [5, 5.41) is 0. The smallest absolute Gasteiger partial charge is 0.279 e. The van der Waals surface area contributed by atoms with Crippen molar-refractivity contribution in [2.24, 2.45) is 4.99 Å². The van der Waals surface area contributed by atoms with Crippen LogP contribution in [0.5, 0.6) is 0 Å². The van der Waals surface area contributed by atoms with E-state index in [1.54, 1.807) is 4.31 Å². The third-order valence-corrected chi connectivity index (χ3v) is 9.01. The van der Waals surface area contributed by atoms with E-state index in [0.717, 1.165) is 47.0 Å². The van der Waals surface area contributed by atoms with Crippen LogP contribution in [0.4, 0.5) is 0 Å². The fourth-order valence-electron chi connectivity index (χ4n) is 4.19. The molecule has 1 aliphatic heterocycles. The normalized spacial score (nSPS) is 16.0. The molecule has 172 valence electrons. The number of thiazole rings is 1. The predicted molar refractivity (Wildman–Crippen MR) is 132 cm³/mol. The van der Waals surface area contributed by atoms with Crippen LogP contribution in [-0.4, -0.2) is 36.3 Å². The van der Waals surface area contributed by atoms with Crippen molar-refractivity contribution in [2.75, 3.05) is 13.1 Å². The molecule has 33 heavy (non-hydrogen) atoms. The van der Waals surface area contributed by atoms with Crippen LogP contribution in [0.2, 0.25) is 0 Å². The molecular weight excluding hydrogens is 454 g/mol. The molecule has 0 N–H and O–H groups in total. The van der Waals surface area contributed by atoms with Crippen molar-refractivity contribution in [3.63, 3.8) is 0 Å². The number of fused-ring (bicyclic) bond motifs is 1. The number of nitrogens with zero attached hydrogens (tertiary/aromatic N) is 3. The van der Waals surface area contributed by atoms with E-state index in [1.807, 2.05) is 24.5 Å². The second kappa shape index (κ2) is 9.64. The van der Waals surface area contributed by atoms with Gasteiger partial charge in [-0.05, 0) is 68.1 Å². The van der Waals surface area contributed by atoms with Crippen molar-refractivity contribution >= 4 is 37.5 Å². The van der Waals surface area contributed by atoms with Gasteiger partial charge in [0.1, 0.15) is 0 Å². The van der Waals surface area contributed by atoms with Gasteiger partial charge in [0.05, 0.1) is 21.7 Å². The molecule has 0 atom stereocenters. The zero-order valence-electron chi connectivity index (χ0n) is 18.9. The molecule has 1 fully saturated rings. The van der Waals surface area contributed by atoms with Gasteiger partial charge in [-0.3, -0.25) is 4.79 Å². The minimum Gasteiger partial charge on any atom is -0.305 e. The Labute approximate surface area is 198 Å². The molecule has 0 radical (unpaired) electrons. The van der Waals surface area contributed by atoms with Crippen LogP contribution in [0.1, 0.15) is 47.2 Å². The molecule has 0 bridgehead atoms. The minimum atomic E-state index is -3.56. The van der Waals surface area contributed by atoms with E-state index >= 15 is 0 Å². The number of rotatable bonds is 4. The predicted octanol–water partition coefficient (Wildman–Crippen LogP) is 4.26. The first kappa shape index (κ1) is 23.4. The Morgan fingerprint density at radius 1 is 1.09 bits per heavy atom. The van der Waals surface area contributed by atoms with E-state index < -0.39 is 15.9 Å². The SMILES string of the molecule is C#CCn1c(=NC(=O)c2ccc(S(=O)(=O)N3CCCCCC3)cc2)sc2c(C)cc(C)cc21. The fourth-order valence-corrected chi connectivity index (χ4v) is 6.79. The number of terminal acetylenes is 1. The first-order valence-corrected chi connectivity index (χ1v) is 13.3. The first-order valence-electron chi connectivity index (χ1n) is 11.0. The Morgan fingerprint density at radius 2 is 1.76 bits per heavy atom. The molecule has 0 saturated carbocycles. The molecule has 3 aromatic rings. The van der Waals surface area contributed by atoms with Gasteiger partial charge >= 0.3 is 0 Å². The number of aryl methyl sites for hydroxylation is 2. The van der Waals surface area contributed by atoms with Crippen molar-refractivity contribution in [3.8, 4) is 12.3 Å². The number of hydrogen-bond donors (Lipinski definition) is 0. The van der Waals surface area contributed by atoms with Gasteiger partial charge in [-0.2, -0.15) is 9.30 Å².